The number of amides is 1. The molecule has 1 amide bonds. The molecule has 2 aromatic heterocycles. The Hall–Kier alpha value is -3.75. The Morgan fingerprint density at radius 2 is 1.97 bits per heavy atom. The number of anilines is 2. The van der Waals surface area contributed by atoms with E-state index in [0.717, 1.165) is 16.0 Å². The van der Waals surface area contributed by atoms with Crippen LogP contribution in [-0.2, 0) is 12.8 Å². The summed E-state index contributed by atoms with van der Waals surface area (Å²) in [4.78, 5) is 20.5. The van der Waals surface area contributed by atoms with Crippen molar-refractivity contribution in [3.8, 4) is 5.75 Å². The zero-order valence-electron chi connectivity index (χ0n) is 16.9. The number of aryl methyl sites for hydroxylation is 3. The van der Waals surface area contributed by atoms with E-state index in [-0.39, 0.29) is 11.7 Å². The second kappa shape index (κ2) is 9.17. The minimum atomic E-state index is -0.482. The van der Waals surface area contributed by atoms with E-state index < -0.39 is 5.82 Å². The van der Waals surface area contributed by atoms with E-state index >= 15 is 0 Å². The maximum absolute atomic E-state index is 14.6. The summed E-state index contributed by atoms with van der Waals surface area (Å²) in [7, 11) is 2.88. The molecule has 0 fully saturated rings. The number of nitrogens with one attached hydrogen (secondary N) is 2. The van der Waals surface area contributed by atoms with Crippen LogP contribution in [0.5, 0.6) is 5.75 Å². The van der Waals surface area contributed by atoms with E-state index in [1.165, 1.54) is 32.5 Å². The molecule has 0 bridgehead atoms. The fourth-order valence-electron chi connectivity index (χ4n) is 2.90. The smallest absolute Gasteiger partial charge is 0.251 e. The van der Waals surface area contributed by atoms with Crippen molar-refractivity contribution >= 4 is 17.5 Å². The number of methoxy groups -OCH3 is 1. The largest absolute Gasteiger partial charge is 0.494 e. The molecule has 0 unspecified atom stereocenters. The maximum atomic E-state index is 14.6. The van der Waals surface area contributed by atoms with Crippen LogP contribution in [-0.4, -0.2) is 35.2 Å². The summed E-state index contributed by atoms with van der Waals surface area (Å²) < 4.78 is 20.6. The van der Waals surface area contributed by atoms with Gasteiger partial charge in [0.2, 0.25) is 17.8 Å². The van der Waals surface area contributed by atoms with E-state index in [4.69, 9.17) is 4.74 Å². The van der Waals surface area contributed by atoms with E-state index in [1.54, 1.807) is 31.5 Å². The Kier molecular flexibility index (Phi) is 6.41. The summed E-state index contributed by atoms with van der Waals surface area (Å²) in [6, 6.07) is 6.36. The number of rotatable bonds is 7. The highest BCUT2D eigenvalue weighted by molar-refractivity contribution is 5.94. The molecule has 0 radical (unpaired) electrons. The van der Waals surface area contributed by atoms with Gasteiger partial charge in [0.25, 0.3) is 5.91 Å². The molecule has 9 heteroatoms. The average Bonchev–Trinajstić information content (AvgIpc) is 2.76. The minimum absolute atomic E-state index is 0.0317. The molecule has 0 aliphatic rings. The molecule has 1 aromatic carbocycles. The first-order chi connectivity index (χ1) is 14.4. The number of aromatic nitrogens is 3. The number of ether oxygens (including phenoxy) is 1. The van der Waals surface area contributed by atoms with Crippen molar-refractivity contribution in [2.75, 3.05) is 19.5 Å². The summed E-state index contributed by atoms with van der Waals surface area (Å²) in [5, 5.41) is 15.1. The lowest BCUT2D eigenvalue weighted by molar-refractivity contribution is -0.908. The van der Waals surface area contributed by atoms with Gasteiger partial charge in [-0.2, -0.15) is 0 Å². The van der Waals surface area contributed by atoms with Gasteiger partial charge in [-0.05, 0) is 36.1 Å². The lowest BCUT2D eigenvalue weighted by atomic mass is 10.0. The molecule has 3 rings (SSSR count). The Morgan fingerprint density at radius 3 is 2.60 bits per heavy atom. The Morgan fingerprint density at radius 1 is 1.23 bits per heavy atom. The molecule has 0 saturated carbocycles. The van der Waals surface area contributed by atoms with Gasteiger partial charge in [-0.3, -0.25) is 10.0 Å². The van der Waals surface area contributed by atoms with Gasteiger partial charge in [-0.1, -0.05) is 0 Å². The van der Waals surface area contributed by atoms with Crippen LogP contribution >= 0.6 is 0 Å². The summed E-state index contributed by atoms with van der Waals surface area (Å²) >= 11 is 0. The van der Waals surface area contributed by atoms with Crippen LogP contribution in [0, 0.1) is 12.7 Å². The van der Waals surface area contributed by atoms with Crippen LogP contribution in [0.2, 0.25) is 0 Å². The number of carbonyl (C=O) groups is 1. The lowest BCUT2D eigenvalue weighted by Crippen LogP contribution is -2.32. The molecule has 0 saturated heterocycles. The van der Waals surface area contributed by atoms with Crippen molar-refractivity contribution in [2.45, 2.75) is 19.8 Å². The van der Waals surface area contributed by atoms with Gasteiger partial charge in [-0.25, -0.2) is 14.4 Å². The zero-order valence-corrected chi connectivity index (χ0v) is 16.9. The van der Waals surface area contributed by atoms with E-state index in [1.807, 2.05) is 0 Å². The molecule has 0 aliphatic heterocycles. The third-order valence-electron chi connectivity index (χ3n) is 4.59. The monoisotopic (exact) mass is 412 g/mol. The number of hydrogen-bond donors (Lipinski definition) is 3. The van der Waals surface area contributed by atoms with Crippen molar-refractivity contribution < 1.29 is 23.9 Å². The van der Waals surface area contributed by atoms with Crippen molar-refractivity contribution in [2.24, 2.45) is 0 Å². The van der Waals surface area contributed by atoms with Crippen LogP contribution in [0.4, 0.5) is 16.0 Å². The quantitative estimate of drug-likeness (QED) is 0.407. The molecule has 0 spiro atoms. The molecule has 8 nitrogen and oxygen atoms in total. The van der Waals surface area contributed by atoms with E-state index in [2.05, 4.69) is 20.6 Å². The van der Waals surface area contributed by atoms with Crippen LogP contribution in [0.25, 0.3) is 0 Å². The highest BCUT2D eigenvalue weighted by Gasteiger charge is 2.15. The zero-order chi connectivity index (χ0) is 21.7. The highest BCUT2D eigenvalue weighted by atomic mass is 19.1. The third-order valence-corrected chi connectivity index (χ3v) is 4.59. The first-order valence-corrected chi connectivity index (χ1v) is 9.29. The fourth-order valence-corrected chi connectivity index (χ4v) is 2.90. The number of halogens is 1. The summed E-state index contributed by atoms with van der Waals surface area (Å²) in [6.45, 7) is 1.77. The number of hydrogen-bond acceptors (Lipinski definition) is 6. The first kappa shape index (κ1) is 21.0. The molecular weight excluding hydrogens is 389 g/mol. The second-order valence-electron chi connectivity index (χ2n) is 6.67. The van der Waals surface area contributed by atoms with Crippen molar-refractivity contribution in [1.29, 1.82) is 0 Å². The molecule has 30 heavy (non-hydrogen) atoms. The standard InChI is InChI=1S/C21H22FN5O3/c1-13-8-17(6-7-27(13)29)26-21-24-11-14(12-25-21)4-5-15-9-16(20(28)23-2)10-18(30-3)19(15)22/h6-12,29H,4-5H2,1-3H3,(H,23,28)/p+1. The van der Waals surface area contributed by atoms with Gasteiger partial charge in [0, 0.05) is 48.8 Å². The topological polar surface area (TPSA) is 100 Å². The van der Waals surface area contributed by atoms with Crippen LogP contribution in [0.3, 0.4) is 0 Å². The van der Waals surface area contributed by atoms with Gasteiger partial charge >= 0.3 is 0 Å². The predicted molar refractivity (Wildman–Crippen MR) is 108 cm³/mol. The Bertz CT molecular complexity index is 1060. The number of pyridine rings is 1. The second-order valence-corrected chi connectivity index (χ2v) is 6.67. The van der Waals surface area contributed by atoms with Gasteiger partial charge < -0.3 is 15.4 Å². The van der Waals surface area contributed by atoms with E-state index in [0.29, 0.717) is 35.6 Å². The van der Waals surface area contributed by atoms with Gasteiger partial charge in [0.05, 0.1) is 12.8 Å². The van der Waals surface area contributed by atoms with Crippen LogP contribution < -0.4 is 20.1 Å². The number of benzene rings is 1. The van der Waals surface area contributed by atoms with Crippen molar-refractivity contribution in [3.63, 3.8) is 0 Å². The number of carbonyl (C=O) groups excluding carboxylic acids is 1. The van der Waals surface area contributed by atoms with E-state index in [9.17, 15) is 14.4 Å². The molecule has 3 aromatic rings. The van der Waals surface area contributed by atoms with Crippen molar-refractivity contribution in [3.05, 3.63) is 71.1 Å². The van der Waals surface area contributed by atoms with Gasteiger partial charge in [-0.15, -0.1) is 0 Å². The molecule has 2 heterocycles. The third kappa shape index (κ3) is 4.80. The number of nitrogens with zero attached hydrogens (tertiary/aromatic N) is 3. The highest BCUT2D eigenvalue weighted by Crippen LogP contribution is 2.24. The molecular formula is C21H23FN5O3+. The first-order valence-electron chi connectivity index (χ1n) is 9.29. The normalized spacial score (nSPS) is 10.5. The molecule has 0 atom stereocenters. The molecule has 0 aliphatic carbocycles. The van der Waals surface area contributed by atoms with Crippen LogP contribution in [0.15, 0.2) is 42.9 Å². The maximum Gasteiger partial charge on any atom is 0.251 e. The average molecular weight is 412 g/mol. The summed E-state index contributed by atoms with van der Waals surface area (Å²) in [6.07, 6.45) is 5.69. The van der Waals surface area contributed by atoms with Crippen LogP contribution in [0.1, 0.15) is 27.2 Å². The minimum Gasteiger partial charge on any atom is -0.494 e. The fraction of sp³-hybridized carbons (Fsp3) is 0.238. The van der Waals surface area contributed by atoms with Crippen molar-refractivity contribution in [1.82, 2.24) is 15.3 Å². The Balaban J connectivity index is 1.70. The van der Waals surface area contributed by atoms with Gasteiger partial charge in [0.15, 0.2) is 11.6 Å². The SMILES string of the molecule is CNC(=O)c1cc(CCc2cnc(Nc3cc[n+](O)c(C)c3)nc2)c(F)c(OC)c1. The summed E-state index contributed by atoms with van der Waals surface area (Å²) in [5.74, 6) is -0.353. The van der Waals surface area contributed by atoms with Gasteiger partial charge in [0.1, 0.15) is 0 Å². The Labute approximate surface area is 173 Å². The lowest BCUT2D eigenvalue weighted by Gasteiger charge is -2.11. The summed E-state index contributed by atoms with van der Waals surface area (Å²) in [5.41, 5.74) is 2.94. The predicted octanol–water partition coefficient (Wildman–Crippen LogP) is 2.35. The molecule has 156 valence electrons. The molecule has 3 N–H and O–H groups in total.